The maximum absolute atomic E-state index is 5.54. The van der Waals surface area contributed by atoms with Crippen LogP contribution in [0, 0.1) is 0 Å². The number of methoxy groups -OCH3 is 1. The molecule has 4 nitrogen and oxygen atoms in total. The van der Waals surface area contributed by atoms with Crippen molar-refractivity contribution in [2.45, 2.75) is 25.2 Å². The van der Waals surface area contributed by atoms with E-state index in [4.69, 9.17) is 4.74 Å². The molecule has 2 heterocycles. The molecule has 1 atom stereocenters. The molecule has 0 amide bonds. The molecular weight excluding hydrogens is 346 g/mol. The van der Waals surface area contributed by atoms with Crippen molar-refractivity contribution in [3.8, 4) is 17.0 Å². The lowest BCUT2D eigenvalue weighted by Crippen LogP contribution is -2.31. The molecule has 0 bridgehead atoms. The molecule has 3 aromatic rings. The number of hydrogen-bond donors (Lipinski definition) is 2. The van der Waals surface area contributed by atoms with E-state index in [2.05, 4.69) is 51.6 Å². The number of likely N-dealkylation sites (tertiary alicyclic amines) is 1. The molecule has 2 N–H and O–H groups in total. The summed E-state index contributed by atoms with van der Waals surface area (Å²) < 4.78 is 5.54. The Morgan fingerprint density at radius 3 is 2.86 bits per heavy atom. The molecule has 1 aliphatic heterocycles. The first kappa shape index (κ1) is 19.0. The fourth-order valence-corrected chi connectivity index (χ4v) is 4.40. The van der Waals surface area contributed by atoms with E-state index in [1.165, 1.54) is 48.8 Å². The zero-order valence-corrected chi connectivity index (χ0v) is 17.0. The molecule has 4 rings (SSSR count). The number of likely N-dealkylation sites (N-methyl/N-ethyl adjacent to an activating group) is 1. The molecule has 1 saturated heterocycles. The monoisotopic (exact) mass is 377 g/mol. The number of aromatic nitrogens is 1. The number of nitrogens with one attached hydrogen (secondary N) is 2. The Morgan fingerprint density at radius 2 is 2.00 bits per heavy atom. The van der Waals surface area contributed by atoms with Gasteiger partial charge in [-0.2, -0.15) is 0 Å². The molecule has 1 fully saturated rings. The maximum atomic E-state index is 5.54. The van der Waals surface area contributed by atoms with Crippen LogP contribution in [0.25, 0.3) is 22.2 Å². The SMILES string of the molecule is CNCCN1CCCC(c2ccc3[nH]c(-c4ccccc4OC)cc3c2)CC1. The Kier molecular flexibility index (Phi) is 5.98. The zero-order chi connectivity index (χ0) is 19.3. The lowest BCUT2D eigenvalue weighted by Gasteiger charge is -2.20. The summed E-state index contributed by atoms with van der Waals surface area (Å²) in [5.74, 6) is 1.56. The Bertz CT molecular complexity index is 917. The molecule has 1 aliphatic rings. The minimum Gasteiger partial charge on any atom is -0.496 e. The number of nitrogens with zero attached hydrogens (tertiary/aromatic N) is 1. The topological polar surface area (TPSA) is 40.3 Å². The molecule has 4 heteroatoms. The Morgan fingerprint density at radius 1 is 1.11 bits per heavy atom. The molecule has 0 spiro atoms. The van der Waals surface area contributed by atoms with Gasteiger partial charge in [-0.25, -0.2) is 0 Å². The number of aromatic amines is 1. The van der Waals surface area contributed by atoms with Crippen LogP contribution in [0.4, 0.5) is 0 Å². The van der Waals surface area contributed by atoms with Crippen LogP contribution in [0.1, 0.15) is 30.7 Å². The highest BCUT2D eigenvalue weighted by atomic mass is 16.5. The van der Waals surface area contributed by atoms with Gasteiger partial charge in [0.05, 0.1) is 12.8 Å². The summed E-state index contributed by atoms with van der Waals surface area (Å²) in [6, 6.07) is 17.4. The van der Waals surface area contributed by atoms with Crippen molar-refractivity contribution < 1.29 is 4.74 Å². The lowest BCUT2D eigenvalue weighted by atomic mass is 9.91. The van der Waals surface area contributed by atoms with Crippen molar-refractivity contribution in [2.24, 2.45) is 0 Å². The summed E-state index contributed by atoms with van der Waals surface area (Å²) in [4.78, 5) is 6.17. The molecule has 0 aliphatic carbocycles. The second-order valence-corrected chi connectivity index (χ2v) is 7.80. The predicted molar refractivity (Wildman–Crippen MR) is 117 cm³/mol. The van der Waals surface area contributed by atoms with Gasteiger partial charge in [0.15, 0.2) is 0 Å². The van der Waals surface area contributed by atoms with E-state index < -0.39 is 0 Å². The number of fused-ring (bicyclic) bond motifs is 1. The highest BCUT2D eigenvalue weighted by Gasteiger charge is 2.19. The molecular formula is C24H31N3O. The summed E-state index contributed by atoms with van der Waals surface area (Å²) in [7, 11) is 3.76. The van der Waals surface area contributed by atoms with Gasteiger partial charge in [0.25, 0.3) is 0 Å². The van der Waals surface area contributed by atoms with E-state index in [9.17, 15) is 0 Å². The molecule has 2 aromatic carbocycles. The van der Waals surface area contributed by atoms with Crippen LogP contribution in [-0.4, -0.2) is 50.2 Å². The summed E-state index contributed by atoms with van der Waals surface area (Å²) in [6.07, 6.45) is 3.82. The Labute approximate surface area is 167 Å². The van der Waals surface area contributed by atoms with E-state index in [0.717, 1.165) is 30.1 Å². The minimum atomic E-state index is 0.661. The number of H-pyrrole nitrogens is 1. The number of benzene rings is 2. The Hall–Kier alpha value is -2.30. The quantitative estimate of drug-likeness (QED) is 0.658. The Balaban J connectivity index is 1.55. The predicted octanol–water partition coefficient (Wildman–Crippen LogP) is 4.63. The smallest absolute Gasteiger partial charge is 0.128 e. The minimum absolute atomic E-state index is 0.661. The molecule has 1 unspecified atom stereocenters. The average molecular weight is 378 g/mol. The summed E-state index contributed by atoms with van der Waals surface area (Å²) in [5.41, 5.74) is 4.89. The third kappa shape index (κ3) is 4.08. The number of para-hydroxylation sites is 1. The fraction of sp³-hybridized carbons (Fsp3) is 0.417. The zero-order valence-electron chi connectivity index (χ0n) is 17.0. The van der Waals surface area contributed by atoms with Gasteiger partial charge in [-0.3, -0.25) is 0 Å². The van der Waals surface area contributed by atoms with Gasteiger partial charge in [0, 0.05) is 29.6 Å². The molecule has 28 heavy (non-hydrogen) atoms. The van der Waals surface area contributed by atoms with Crippen LogP contribution in [0.5, 0.6) is 5.75 Å². The van der Waals surface area contributed by atoms with Crippen LogP contribution in [0.15, 0.2) is 48.5 Å². The molecule has 1 aromatic heterocycles. The van der Waals surface area contributed by atoms with E-state index >= 15 is 0 Å². The second-order valence-electron chi connectivity index (χ2n) is 7.80. The number of ether oxygens (including phenoxy) is 1. The van der Waals surface area contributed by atoms with Crippen LogP contribution < -0.4 is 10.1 Å². The van der Waals surface area contributed by atoms with E-state index in [1.54, 1.807) is 7.11 Å². The van der Waals surface area contributed by atoms with E-state index in [0.29, 0.717) is 5.92 Å². The van der Waals surface area contributed by atoms with Gasteiger partial charge in [-0.15, -0.1) is 0 Å². The van der Waals surface area contributed by atoms with E-state index in [-0.39, 0.29) is 0 Å². The summed E-state index contributed by atoms with van der Waals surface area (Å²) in [6.45, 7) is 4.65. The van der Waals surface area contributed by atoms with Crippen molar-refractivity contribution in [1.82, 2.24) is 15.2 Å². The van der Waals surface area contributed by atoms with Gasteiger partial charge < -0.3 is 19.9 Å². The highest BCUT2D eigenvalue weighted by molar-refractivity contribution is 5.87. The average Bonchev–Trinajstić information content (AvgIpc) is 3.02. The largest absolute Gasteiger partial charge is 0.496 e. The van der Waals surface area contributed by atoms with Crippen LogP contribution in [-0.2, 0) is 0 Å². The number of hydrogen-bond acceptors (Lipinski definition) is 3. The lowest BCUT2D eigenvalue weighted by molar-refractivity contribution is 0.285. The van der Waals surface area contributed by atoms with Crippen molar-refractivity contribution in [3.63, 3.8) is 0 Å². The second kappa shape index (κ2) is 8.80. The van der Waals surface area contributed by atoms with Gasteiger partial charge >= 0.3 is 0 Å². The van der Waals surface area contributed by atoms with Crippen molar-refractivity contribution in [1.29, 1.82) is 0 Å². The summed E-state index contributed by atoms with van der Waals surface area (Å²) >= 11 is 0. The number of rotatable bonds is 6. The van der Waals surface area contributed by atoms with Crippen molar-refractivity contribution in [2.75, 3.05) is 40.3 Å². The van der Waals surface area contributed by atoms with Crippen LogP contribution in [0.3, 0.4) is 0 Å². The maximum Gasteiger partial charge on any atom is 0.128 e. The first-order valence-corrected chi connectivity index (χ1v) is 10.4. The third-order valence-corrected chi connectivity index (χ3v) is 6.01. The normalized spacial score (nSPS) is 18.3. The first-order chi connectivity index (χ1) is 13.8. The van der Waals surface area contributed by atoms with E-state index in [1.807, 2.05) is 19.2 Å². The molecule has 0 radical (unpaired) electrons. The van der Waals surface area contributed by atoms with Gasteiger partial charge in [0.1, 0.15) is 5.75 Å². The van der Waals surface area contributed by atoms with Crippen LogP contribution >= 0.6 is 0 Å². The highest BCUT2D eigenvalue weighted by Crippen LogP contribution is 2.34. The first-order valence-electron chi connectivity index (χ1n) is 10.4. The third-order valence-electron chi connectivity index (χ3n) is 6.01. The van der Waals surface area contributed by atoms with Gasteiger partial charge in [-0.1, -0.05) is 18.2 Å². The molecule has 148 valence electrons. The van der Waals surface area contributed by atoms with Gasteiger partial charge in [-0.05, 0) is 81.2 Å². The van der Waals surface area contributed by atoms with Crippen molar-refractivity contribution >= 4 is 10.9 Å². The fourth-order valence-electron chi connectivity index (χ4n) is 4.40. The molecule has 0 saturated carbocycles. The van der Waals surface area contributed by atoms with Gasteiger partial charge in [0.2, 0.25) is 0 Å². The van der Waals surface area contributed by atoms with Crippen LogP contribution in [0.2, 0.25) is 0 Å². The standard InChI is InChI=1S/C24H31N3O/c1-25-12-15-27-13-5-6-18(11-14-27)19-9-10-22-20(16-19)17-23(26-22)21-7-3-4-8-24(21)28-2/h3-4,7-10,16-18,25-26H,5-6,11-15H2,1-2H3. The summed E-state index contributed by atoms with van der Waals surface area (Å²) in [5, 5.41) is 4.56. The van der Waals surface area contributed by atoms with Crippen molar-refractivity contribution in [3.05, 3.63) is 54.1 Å².